The van der Waals surface area contributed by atoms with Crippen LogP contribution in [0.1, 0.15) is 22.3 Å². The van der Waals surface area contributed by atoms with E-state index in [1.54, 1.807) is 12.1 Å². The average molecular weight is 219 g/mol. The molecule has 84 valence electrons. The van der Waals surface area contributed by atoms with Crippen LogP contribution in [-0.4, -0.2) is 19.6 Å². The molecule has 2 N–H and O–H groups in total. The first-order chi connectivity index (χ1) is 7.85. The lowest BCUT2D eigenvalue weighted by atomic mass is 10.1. The molecule has 1 aromatic carbocycles. The molecule has 4 nitrogen and oxygen atoms in total. The number of aldehydes is 1. The Morgan fingerprint density at radius 1 is 1.25 bits per heavy atom. The normalized spacial score (nSPS) is 13.3. The SMILES string of the molecule is NCCC=Cc1cc2c(cc1C=O)OCO2. The van der Waals surface area contributed by atoms with Crippen LogP contribution in [0.2, 0.25) is 0 Å². The monoisotopic (exact) mass is 219 g/mol. The summed E-state index contributed by atoms with van der Waals surface area (Å²) >= 11 is 0. The minimum atomic E-state index is 0.212. The van der Waals surface area contributed by atoms with E-state index in [9.17, 15) is 4.79 Å². The third-order valence-electron chi connectivity index (χ3n) is 2.34. The van der Waals surface area contributed by atoms with Gasteiger partial charge in [0.15, 0.2) is 17.8 Å². The van der Waals surface area contributed by atoms with E-state index >= 15 is 0 Å². The van der Waals surface area contributed by atoms with E-state index in [-0.39, 0.29) is 6.79 Å². The van der Waals surface area contributed by atoms with Gasteiger partial charge in [0, 0.05) is 5.56 Å². The largest absolute Gasteiger partial charge is 0.454 e. The fraction of sp³-hybridized carbons (Fsp3) is 0.250. The Labute approximate surface area is 93.7 Å². The fourth-order valence-electron chi connectivity index (χ4n) is 1.53. The van der Waals surface area contributed by atoms with Gasteiger partial charge < -0.3 is 15.2 Å². The highest BCUT2D eigenvalue weighted by Crippen LogP contribution is 2.34. The second-order valence-electron chi connectivity index (χ2n) is 3.43. The van der Waals surface area contributed by atoms with Crippen LogP contribution >= 0.6 is 0 Å². The van der Waals surface area contributed by atoms with Gasteiger partial charge >= 0.3 is 0 Å². The zero-order valence-corrected chi connectivity index (χ0v) is 8.81. The van der Waals surface area contributed by atoms with E-state index < -0.39 is 0 Å². The zero-order valence-electron chi connectivity index (χ0n) is 8.81. The first-order valence-corrected chi connectivity index (χ1v) is 5.10. The van der Waals surface area contributed by atoms with Crippen molar-refractivity contribution < 1.29 is 14.3 Å². The molecule has 0 amide bonds. The Morgan fingerprint density at radius 3 is 2.56 bits per heavy atom. The van der Waals surface area contributed by atoms with Crippen LogP contribution in [-0.2, 0) is 0 Å². The topological polar surface area (TPSA) is 61.6 Å². The van der Waals surface area contributed by atoms with Crippen molar-refractivity contribution in [1.82, 2.24) is 0 Å². The minimum Gasteiger partial charge on any atom is -0.454 e. The van der Waals surface area contributed by atoms with Crippen molar-refractivity contribution in [3.05, 3.63) is 29.3 Å². The van der Waals surface area contributed by atoms with Gasteiger partial charge in [0.2, 0.25) is 6.79 Å². The number of rotatable bonds is 4. The highest BCUT2D eigenvalue weighted by Gasteiger charge is 2.15. The lowest BCUT2D eigenvalue weighted by Gasteiger charge is -2.02. The molecular weight excluding hydrogens is 206 g/mol. The van der Waals surface area contributed by atoms with Gasteiger partial charge in [-0.2, -0.15) is 0 Å². The molecule has 4 heteroatoms. The molecule has 0 aromatic heterocycles. The first-order valence-electron chi connectivity index (χ1n) is 5.10. The Morgan fingerprint density at radius 2 is 1.94 bits per heavy atom. The van der Waals surface area contributed by atoms with Crippen molar-refractivity contribution in [2.45, 2.75) is 6.42 Å². The number of carbonyl (C=O) groups excluding carboxylic acids is 1. The summed E-state index contributed by atoms with van der Waals surface area (Å²) < 4.78 is 10.4. The van der Waals surface area contributed by atoms with Gasteiger partial charge in [0.25, 0.3) is 0 Å². The van der Waals surface area contributed by atoms with Crippen LogP contribution in [0.25, 0.3) is 6.08 Å². The summed E-state index contributed by atoms with van der Waals surface area (Å²) in [7, 11) is 0. The van der Waals surface area contributed by atoms with Gasteiger partial charge in [0.05, 0.1) is 0 Å². The van der Waals surface area contributed by atoms with Crippen LogP contribution in [0.15, 0.2) is 18.2 Å². The van der Waals surface area contributed by atoms with Gasteiger partial charge in [-0.25, -0.2) is 0 Å². The molecule has 1 aliphatic rings. The number of benzene rings is 1. The maximum atomic E-state index is 10.9. The number of carbonyl (C=O) groups is 1. The quantitative estimate of drug-likeness (QED) is 0.781. The highest BCUT2D eigenvalue weighted by atomic mass is 16.7. The standard InChI is InChI=1S/C12H13NO3/c13-4-2-1-3-9-5-11-12(16-8-15-11)6-10(9)7-14/h1,3,5-7H,2,4,8,13H2. The molecule has 16 heavy (non-hydrogen) atoms. The van der Waals surface area contributed by atoms with Crippen LogP contribution in [0.5, 0.6) is 11.5 Å². The molecular formula is C12H13NO3. The van der Waals surface area contributed by atoms with Crippen molar-refractivity contribution in [2.75, 3.05) is 13.3 Å². The van der Waals surface area contributed by atoms with Gasteiger partial charge in [-0.05, 0) is 30.7 Å². The van der Waals surface area contributed by atoms with Gasteiger partial charge in [-0.15, -0.1) is 0 Å². The molecule has 0 radical (unpaired) electrons. The Bertz CT molecular complexity index is 427. The number of nitrogens with two attached hydrogens (primary N) is 1. The summed E-state index contributed by atoms with van der Waals surface area (Å²) in [5.74, 6) is 1.30. The van der Waals surface area contributed by atoms with Gasteiger partial charge in [0.1, 0.15) is 0 Å². The molecule has 0 atom stereocenters. The molecule has 1 aliphatic heterocycles. The lowest BCUT2D eigenvalue weighted by Crippen LogP contribution is -1.95. The van der Waals surface area contributed by atoms with Crippen LogP contribution in [0, 0.1) is 0 Å². The van der Waals surface area contributed by atoms with Crippen molar-refractivity contribution in [3.63, 3.8) is 0 Å². The number of fused-ring (bicyclic) bond motifs is 1. The zero-order chi connectivity index (χ0) is 11.4. The number of ether oxygens (including phenoxy) is 2. The van der Waals surface area contributed by atoms with E-state index in [0.29, 0.717) is 23.6 Å². The Kier molecular flexibility index (Phi) is 3.22. The molecule has 1 aromatic rings. The highest BCUT2D eigenvalue weighted by molar-refractivity contribution is 5.83. The predicted molar refractivity (Wildman–Crippen MR) is 60.7 cm³/mol. The van der Waals surface area contributed by atoms with Crippen molar-refractivity contribution in [3.8, 4) is 11.5 Å². The van der Waals surface area contributed by atoms with Crippen molar-refractivity contribution in [2.24, 2.45) is 5.73 Å². The molecule has 0 saturated carbocycles. The average Bonchev–Trinajstić information content (AvgIpc) is 2.75. The molecule has 0 bridgehead atoms. The summed E-state index contributed by atoms with van der Waals surface area (Å²) in [6.45, 7) is 0.807. The summed E-state index contributed by atoms with van der Waals surface area (Å²) in [5, 5.41) is 0. The molecule has 2 rings (SSSR count). The second-order valence-corrected chi connectivity index (χ2v) is 3.43. The summed E-state index contributed by atoms with van der Waals surface area (Å²) in [5.41, 5.74) is 6.81. The summed E-state index contributed by atoms with van der Waals surface area (Å²) in [4.78, 5) is 10.9. The van der Waals surface area contributed by atoms with Crippen molar-refractivity contribution in [1.29, 1.82) is 0 Å². The molecule has 0 fully saturated rings. The van der Waals surface area contributed by atoms with E-state index in [4.69, 9.17) is 15.2 Å². The maximum Gasteiger partial charge on any atom is 0.231 e. The van der Waals surface area contributed by atoms with Crippen LogP contribution in [0.4, 0.5) is 0 Å². The molecule has 1 heterocycles. The molecule has 0 aliphatic carbocycles. The number of hydrogen-bond donors (Lipinski definition) is 1. The van der Waals surface area contributed by atoms with Crippen LogP contribution < -0.4 is 15.2 Å². The Hall–Kier alpha value is -1.81. The summed E-state index contributed by atoms with van der Waals surface area (Å²) in [6, 6.07) is 3.50. The van der Waals surface area contributed by atoms with E-state index in [1.807, 2.05) is 12.2 Å². The lowest BCUT2D eigenvalue weighted by molar-refractivity contribution is 0.112. The minimum absolute atomic E-state index is 0.212. The number of hydrogen-bond acceptors (Lipinski definition) is 4. The van der Waals surface area contributed by atoms with Crippen LogP contribution in [0.3, 0.4) is 0 Å². The molecule has 0 saturated heterocycles. The van der Waals surface area contributed by atoms with E-state index in [0.717, 1.165) is 18.3 Å². The Balaban J connectivity index is 2.32. The molecule has 0 unspecified atom stereocenters. The van der Waals surface area contributed by atoms with Crippen molar-refractivity contribution >= 4 is 12.4 Å². The third-order valence-corrected chi connectivity index (χ3v) is 2.34. The van der Waals surface area contributed by atoms with E-state index in [2.05, 4.69) is 0 Å². The summed E-state index contributed by atoms with van der Waals surface area (Å²) in [6.07, 6.45) is 5.40. The first kappa shape index (κ1) is 10.7. The maximum absolute atomic E-state index is 10.9. The second kappa shape index (κ2) is 4.81. The van der Waals surface area contributed by atoms with Gasteiger partial charge in [-0.3, -0.25) is 4.79 Å². The third kappa shape index (κ3) is 2.06. The van der Waals surface area contributed by atoms with Gasteiger partial charge in [-0.1, -0.05) is 12.2 Å². The molecule has 0 spiro atoms. The predicted octanol–water partition coefficient (Wildman–Crippen LogP) is 1.59. The fourth-order valence-corrected chi connectivity index (χ4v) is 1.53. The van der Waals surface area contributed by atoms with E-state index in [1.165, 1.54) is 0 Å². The smallest absolute Gasteiger partial charge is 0.231 e.